The molecule has 0 heterocycles. The molecule has 0 bridgehead atoms. The van der Waals surface area contributed by atoms with Crippen molar-refractivity contribution in [1.29, 1.82) is 0 Å². The third-order valence-electron chi connectivity index (χ3n) is 1.86. The molecule has 0 rings (SSSR count). The van der Waals surface area contributed by atoms with Crippen LogP contribution < -0.4 is 5.32 Å². The summed E-state index contributed by atoms with van der Waals surface area (Å²) >= 11 is 3.04. The van der Waals surface area contributed by atoms with Crippen LogP contribution in [0, 0.1) is 0 Å². The van der Waals surface area contributed by atoms with Crippen LogP contribution in [0.25, 0.3) is 0 Å². The van der Waals surface area contributed by atoms with Crippen molar-refractivity contribution >= 4 is 28.1 Å². The summed E-state index contributed by atoms with van der Waals surface area (Å²) in [5.74, 6) is -0.0590. The zero-order valence-corrected chi connectivity index (χ0v) is 12.1. The summed E-state index contributed by atoms with van der Waals surface area (Å²) in [7, 11) is 0. The lowest BCUT2D eigenvalue weighted by molar-refractivity contribution is -0.118. The van der Waals surface area contributed by atoms with E-state index in [0.29, 0.717) is 44.9 Å². The van der Waals surface area contributed by atoms with Crippen LogP contribution in [0.2, 0.25) is 0 Å². The highest BCUT2D eigenvalue weighted by Gasteiger charge is 1.98. The summed E-state index contributed by atoms with van der Waals surface area (Å²) in [6.45, 7) is 4.38. The predicted octanol–water partition coefficient (Wildman–Crippen LogP) is 0.135. The fourth-order valence-electron chi connectivity index (χ4n) is 0.964. The number of rotatable bonds is 12. The summed E-state index contributed by atoms with van der Waals surface area (Å²) in [6, 6.07) is 0. The molecule has 18 heavy (non-hydrogen) atoms. The minimum atomic E-state index is -0.386. The van der Waals surface area contributed by atoms with Gasteiger partial charge in [0.15, 0.2) is 0 Å². The van der Waals surface area contributed by atoms with Crippen LogP contribution >= 0.6 is 15.9 Å². The van der Waals surface area contributed by atoms with Gasteiger partial charge in [0.25, 0.3) is 0 Å². The molecule has 0 saturated heterocycles. The van der Waals surface area contributed by atoms with Gasteiger partial charge in [0.1, 0.15) is 12.4 Å². The monoisotopic (exact) mass is 325 g/mol. The van der Waals surface area contributed by atoms with Crippen molar-refractivity contribution in [3.8, 4) is 0 Å². The summed E-state index contributed by atoms with van der Waals surface area (Å²) in [5, 5.41) is 2.96. The molecule has 0 radical (unpaired) electrons. The molecule has 0 aliphatic heterocycles. The van der Waals surface area contributed by atoms with E-state index < -0.39 is 0 Å². The molecule has 0 spiro atoms. The van der Waals surface area contributed by atoms with Crippen LogP contribution in [0.15, 0.2) is 0 Å². The van der Waals surface area contributed by atoms with Crippen LogP contribution in [-0.2, 0) is 23.8 Å². The van der Waals surface area contributed by atoms with Gasteiger partial charge in [-0.1, -0.05) is 15.9 Å². The van der Waals surface area contributed by atoms with Gasteiger partial charge in [-0.15, -0.1) is 0 Å². The molecule has 6 nitrogen and oxygen atoms in total. The SMILES string of the molecule is C[C@@H](C=O)OCCOCCOCCNC(=O)CBr. The minimum Gasteiger partial charge on any atom is -0.377 e. The number of carbonyl (C=O) groups excluding carboxylic acids is 2. The molecular formula is C11H20BrNO5. The van der Waals surface area contributed by atoms with E-state index in [0.717, 1.165) is 6.29 Å². The summed E-state index contributed by atoms with van der Waals surface area (Å²) in [5.41, 5.74) is 0. The number of carbonyl (C=O) groups is 2. The quantitative estimate of drug-likeness (QED) is 0.314. The number of alkyl halides is 1. The molecular weight excluding hydrogens is 306 g/mol. The molecule has 0 aromatic carbocycles. The molecule has 0 unspecified atom stereocenters. The Kier molecular flexibility index (Phi) is 12.6. The van der Waals surface area contributed by atoms with Crippen molar-refractivity contribution in [3.63, 3.8) is 0 Å². The van der Waals surface area contributed by atoms with E-state index in [1.54, 1.807) is 6.92 Å². The molecule has 0 saturated carbocycles. The average Bonchev–Trinajstić information content (AvgIpc) is 2.40. The Balaban J connectivity index is 3.07. The van der Waals surface area contributed by atoms with Crippen molar-refractivity contribution in [3.05, 3.63) is 0 Å². The van der Waals surface area contributed by atoms with Crippen molar-refractivity contribution in [1.82, 2.24) is 5.32 Å². The lowest BCUT2D eigenvalue weighted by atomic mass is 10.5. The van der Waals surface area contributed by atoms with Gasteiger partial charge in [-0.05, 0) is 6.92 Å². The number of halogens is 1. The number of amides is 1. The minimum absolute atomic E-state index is 0.0590. The van der Waals surface area contributed by atoms with E-state index in [1.807, 2.05) is 0 Å². The first kappa shape index (κ1) is 17.5. The Morgan fingerprint density at radius 1 is 1.22 bits per heavy atom. The van der Waals surface area contributed by atoms with Crippen LogP contribution in [0.1, 0.15) is 6.92 Å². The van der Waals surface area contributed by atoms with Crippen molar-refractivity contribution < 1.29 is 23.8 Å². The first-order valence-electron chi connectivity index (χ1n) is 5.75. The predicted molar refractivity (Wildman–Crippen MR) is 69.9 cm³/mol. The number of hydrogen-bond acceptors (Lipinski definition) is 5. The normalized spacial score (nSPS) is 12.1. The van der Waals surface area contributed by atoms with Gasteiger partial charge in [0.05, 0.1) is 38.4 Å². The molecule has 1 N–H and O–H groups in total. The second kappa shape index (κ2) is 12.9. The number of aldehydes is 1. The number of hydrogen-bond donors (Lipinski definition) is 1. The van der Waals surface area contributed by atoms with Crippen molar-refractivity contribution in [2.24, 2.45) is 0 Å². The van der Waals surface area contributed by atoms with Crippen LogP contribution in [-0.4, -0.2) is 63.2 Å². The molecule has 7 heteroatoms. The maximum atomic E-state index is 10.8. The van der Waals surface area contributed by atoms with E-state index in [-0.39, 0.29) is 12.0 Å². The Bertz CT molecular complexity index is 227. The third kappa shape index (κ3) is 12.0. The zero-order valence-electron chi connectivity index (χ0n) is 10.5. The lowest BCUT2D eigenvalue weighted by Crippen LogP contribution is -2.28. The Morgan fingerprint density at radius 3 is 2.44 bits per heavy atom. The highest BCUT2D eigenvalue weighted by atomic mass is 79.9. The first-order chi connectivity index (χ1) is 8.70. The number of ether oxygens (including phenoxy) is 3. The molecule has 0 aliphatic carbocycles. The molecule has 0 aromatic heterocycles. The van der Waals surface area contributed by atoms with E-state index >= 15 is 0 Å². The van der Waals surface area contributed by atoms with Crippen LogP contribution in [0.3, 0.4) is 0 Å². The largest absolute Gasteiger partial charge is 0.377 e. The third-order valence-corrected chi connectivity index (χ3v) is 2.37. The maximum absolute atomic E-state index is 10.8. The van der Waals surface area contributed by atoms with E-state index in [1.165, 1.54) is 0 Å². The molecule has 0 aliphatic rings. The van der Waals surface area contributed by atoms with Crippen LogP contribution in [0.5, 0.6) is 0 Å². The van der Waals surface area contributed by atoms with Gasteiger partial charge < -0.3 is 24.3 Å². The van der Waals surface area contributed by atoms with Gasteiger partial charge >= 0.3 is 0 Å². The van der Waals surface area contributed by atoms with Crippen molar-refractivity contribution in [2.45, 2.75) is 13.0 Å². The maximum Gasteiger partial charge on any atom is 0.230 e. The van der Waals surface area contributed by atoms with Crippen molar-refractivity contribution in [2.75, 3.05) is 44.9 Å². The van der Waals surface area contributed by atoms with Gasteiger partial charge in [-0.25, -0.2) is 0 Å². The lowest BCUT2D eigenvalue weighted by Gasteiger charge is -2.08. The number of nitrogens with one attached hydrogen (secondary N) is 1. The second-order valence-corrected chi connectivity index (χ2v) is 3.98. The van der Waals surface area contributed by atoms with Crippen LogP contribution in [0.4, 0.5) is 0 Å². The fourth-order valence-corrected chi connectivity index (χ4v) is 1.16. The molecule has 0 aromatic rings. The standard InChI is InChI=1S/C11H20BrNO5/c1-10(9-14)18-7-6-17-5-4-16-3-2-13-11(15)8-12/h9-10H,2-8H2,1H3,(H,13,15)/t10-/m0/s1. The fraction of sp³-hybridized carbons (Fsp3) is 0.818. The highest BCUT2D eigenvalue weighted by molar-refractivity contribution is 9.09. The van der Waals surface area contributed by atoms with E-state index in [4.69, 9.17) is 14.2 Å². The molecule has 0 fully saturated rings. The second-order valence-electron chi connectivity index (χ2n) is 3.42. The van der Waals surface area contributed by atoms with E-state index in [2.05, 4.69) is 21.2 Å². The summed E-state index contributed by atoms with van der Waals surface area (Å²) in [4.78, 5) is 21.0. The Morgan fingerprint density at radius 2 is 1.83 bits per heavy atom. The van der Waals surface area contributed by atoms with Gasteiger partial charge in [0.2, 0.25) is 5.91 Å². The Hall–Kier alpha value is -0.500. The van der Waals surface area contributed by atoms with Gasteiger partial charge in [-0.2, -0.15) is 0 Å². The zero-order chi connectivity index (χ0) is 13.6. The highest BCUT2D eigenvalue weighted by Crippen LogP contribution is 1.86. The summed E-state index contributed by atoms with van der Waals surface area (Å²) < 4.78 is 15.5. The Labute approximate surface area is 115 Å². The smallest absolute Gasteiger partial charge is 0.230 e. The molecule has 1 atom stereocenters. The average molecular weight is 326 g/mol. The van der Waals surface area contributed by atoms with Gasteiger partial charge in [-0.3, -0.25) is 4.79 Å². The first-order valence-corrected chi connectivity index (χ1v) is 6.88. The van der Waals surface area contributed by atoms with Gasteiger partial charge in [0, 0.05) is 6.54 Å². The summed E-state index contributed by atoms with van der Waals surface area (Å²) in [6.07, 6.45) is 0.354. The topological polar surface area (TPSA) is 73.9 Å². The van der Waals surface area contributed by atoms with E-state index in [9.17, 15) is 9.59 Å². The molecule has 106 valence electrons. The molecule has 1 amide bonds.